The molecule has 0 saturated carbocycles. The van der Waals surface area contributed by atoms with Gasteiger partial charge in [0.25, 0.3) is 5.91 Å². The van der Waals surface area contributed by atoms with Crippen molar-refractivity contribution in [3.05, 3.63) is 35.6 Å². The Kier molecular flexibility index (Phi) is 7.01. The molecule has 6 nitrogen and oxygen atoms in total. The number of piperidine rings is 2. The average molecular weight is 389 g/mol. The molecule has 2 aliphatic rings. The molecule has 152 valence electrons. The highest BCUT2D eigenvalue weighted by Gasteiger charge is 2.25. The van der Waals surface area contributed by atoms with Crippen LogP contribution in [0.4, 0.5) is 4.39 Å². The molecule has 1 aromatic carbocycles. The normalized spacial score (nSPS) is 20.2. The molecule has 2 saturated heterocycles. The molecule has 2 aliphatic heterocycles. The molecule has 3 rings (SSSR count). The number of nitrogens with one attached hydrogen (secondary N) is 1. The molecule has 0 radical (unpaired) electrons. The lowest BCUT2D eigenvalue weighted by molar-refractivity contribution is -0.136. The van der Waals surface area contributed by atoms with Gasteiger partial charge in [-0.1, -0.05) is 0 Å². The van der Waals surface area contributed by atoms with E-state index >= 15 is 0 Å². The fourth-order valence-corrected chi connectivity index (χ4v) is 3.89. The molecule has 2 heterocycles. The van der Waals surface area contributed by atoms with Crippen molar-refractivity contribution in [2.24, 2.45) is 5.92 Å². The van der Waals surface area contributed by atoms with Gasteiger partial charge in [0.2, 0.25) is 11.8 Å². The van der Waals surface area contributed by atoms with E-state index in [0.29, 0.717) is 38.0 Å². The monoisotopic (exact) mass is 389 g/mol. The van der Waals surface area contributed by atoms with Crippen molar-refractivity contribution in [3.8, 4) is 0 Å². The number of carbonyl (C=O) groups is 3. The van der Waals surface area contributed by atoms with Crippen molar-refractivity contribution >= 4 is 17.7 Å². The van der Waals surface area contributed by atoms with Crippen LogP contribution in [0.25, 0.3) is 0 Å². The fraction of sp³-hybridized carbons (Fsp3) is 0.571. The second kappa shape index (κ2) is 9.66. The number of hydrogen-bond donors (Lipinski definition) is 1. The van der Waals surface area contributed by atoms with Crippen molar-refractivity contribution in [2.45, 2.75) is 38.5 Å². The van der Waals surface area contributed by atoms with E-state index in [1.165, 1.54) is 24.3 Å². The first-order valence-electron chi connectivity index (χ1n) is 10.1. The Labute approximate surface area is 165 Å². The van der Waals surface area contributed by atoms with E-state index in [9.17, 15) is 18.8 Å². The van der Waals surface area contributed by atoms with Gasteiger partial charge in [0.15, 0.2) is 0 Å². The van der Waals surface area contributed by atoms with Crippen molar-refractivity contribution in [3.63, 3.8) is 0 Å². The van der Waals surface area contributed by atoms with Crippen LogP contribution in [0.5, 0.6) is 0 Å². The van der Waals surface area contributed by atoms with Crippen LogP contribution in [0.15, 0.2) is 24.3 Å². The van der Waals surface area contributed by atoms with Gasteiger partial charge in [-0.2, -0.15) is 0 Å². The van der Waals surface area contributed by atoms with E-state index in [1.807, 2.05) is 4.90 Å². The lowest BCUT2D eigenvalue weighted by Crippen LogP contribution is -2.45. The van der Waals surface area contributed by atoms with Crippen LogP contribution in [-0.4, -0.2) is 60.2 Å². The number of hydrogen-bond acceptors (Lipinski definition) is 3. The molecule has 7 heteroatoms. The largest absolute Gasteiger partial charge is 0.352 e. The van der Waals surface area contributed by atoms with Gasteiger partial charge in [-0.05, 0) is 55.9 Å². The number of halogens is 1. The molecular formula is C21H28FN3O3. The maximum Gasteiger partial charge on any atom is 0.251 e. The summed E-state index contributed by atoms with van der Waals surface area (Å²) in [6.07, 6.45) is 4.78. The lowest BCUT2D eigenvalue weighted by atomic mass is 9.97. The van der Waals surface area contributed by atoms with Crippen LogP contribution < -0.4 is 5.32 Å². The summed E-state index contributed by atoms with van der Waals surface area (Å²) in [6, 6.07) is 5.46. The minimum Gasteiger partial charge on any atom is -0.352 e. The summed E-state index contributed by atoms with van der Waals surface area (Å²) in [4.78, 5) is 40.2. The van der Waals surface area contributed by atoms with Crippen LogP contribution in [-0.2, 0) is 9.59 Å². The van der Waals surface area contributed by atoms with E-state index in [-0.39, 0.29) is 29.5 Å². The molecule has 0 spiro atoms. The molecule has 28 heavy (non-hydrogen) atoms. The van der Waals surface area contributed by atoms with Gasteiger partial charge in [0.1, 0.15) is 5.82 Å². The second-order valence-electron chi connectivity index (χ2n) is 7.65. The summed E-state index contributed by atoms with van der Waals surface area (Å²) in [7, 11) is 0. The van der Waals surface area contributed by atoms with Gasteiger partial charge in [-0.25, -0.2) is 4.39 Å². The molecular weight excluding hydrogens is 361 g/mol. The van der Waals surface area contributed by atoms with E-state index in [1.54, 1.807) is 4.90 Å². The molecule has 0 aliphatic carbocycles. The standard InChI is InChI=1S/C21H28FN3O3/c22-18-8-6-17(7-9-18)21(28)23-14-16-4-3-12-25(15-16)20(27)10-13-24-11-2-1-5-19(24)26/h6-9,16H,1-5,10-15H2,(H,23,28)/t16-/m1/s1. The predicted molar refractivity (Wildman–Crippen MR) is 103 cm³/mol. The van der Waals surface area contributed by atoms with Crippen molar-refractivity contribution < 1.29 is 18.8 Å². The Morgan fingerprint density at radius 1 is 1.11 bits per heavy atom. The van der Waals surface area contributed by atoms with Crippen LogP contribution in [0.1, 0.15) is 48.9 Å². The van der Waals surface area contributed by atoms with E-state index in [4.69, 9.17) is 0 Å². The molecule has 3 amide bonds. The summed E-state index contributed by atoms with van der Waals surface area (Å²) in [6.45, 7) is 3.10. The molecule has 0 aromatic heterocycles. The molecule has 2 fully saturated rings. The average Bonchev–Trinajstić information content (AvgIpc) is 2.72. The summed E-state index contributed by atoms with van der Waals surface area (Å²) in [5.41, 5.74) is 0.427. The van der Waals surface area contributed by atoms with Crippen molar-refractivity contribution in [2.75, 3.05) is 32.7 Å². The number of benzene rings is 1. The molecule has 1 aromatic rings. The third kappa shape index (κ3) is 5.53. The zero-order valence-electron chi connectivity index (χ0n) is 16.2. The zero-order valence-corrected chi connectivity index (χ0v) is 16.2. The Bertz CT molecular complexity index is 707. The maximum atomic E-state index is 13.0. The van der Waals surface area contributed by atoms with Crippen molar-refractivity contribution in [1.82, 2.24) is 15.1 Å². The van der Waals surface area contributed by atoms with E-state index < -0.39 is 0 Å². The Balaban J connectivity index is 1.42. The molecule has 0 unspecified atom stereocenters. The third-order valence-corrected chi connectivity index (χ3v) is 5.55. The molecule has 1 N–H and O–H groups in total. The lowest BCUT2D eigenvalue weighted by Gasteiger charge is -2.34. The Morgan fingerprint density at radius 3 is 2.64 bits per heavy atom. The van der Waals surface area contributed by atoms with Gasteiger partial charge in [0.05, 0.1) is 0 Å². The SMILES string of the molecule is O=C(NC[C@H]1CCCN(C(=O)CCN2CCCCC2=O)C1)c1ccc(F)cc1. The van der Waals surface area contributed by atoms with Gasteiger partial charge in [0, 0.05) is 51.1 Å². The Hall–Kier alpha value is -2.44. The molecule has 1 atom stereocenters. The van der Waals surface area contributed by atoms with Crippen LogP contribution in [0.2, 0.25) is 0 Å². The Morgan fingerprint density at radius 2 is 1.89 bits per heavy atom. The quantitative estimate of drug-likeness (QED) is 0.811. The first kappa shape index (κ1) is 20.3. The van der Waals surface area contributed by atoms with Crippen LogP contribution in [0, 0.1) is 11.7 Å². The highest BCUT2D eigenvalue weighted by molar-refractivity contribution is 5.94. The zero-order chi connectivity index (χ0) is 19.9. The van der Waals surface area contributed by atoms with E-state index in [2.05, 4.69) is 5.32 Å². The topological polar surface area (TPSA) is 69.7 Å². The van der Waals surface area contributed by atoms with Crippen molar-refractivity contribution in [1.29, 1.82) is 0 Å². The number of likely N-dealkylation sites (tertiary alicyclic amines) is 2. The van der Waals surface area contributed by atoms with Gasteiger partial charge in [-0.3, -0.25) is 14.4 Å². The van der Waals surface area contributed by atoms with Gasteiger partial charge < -0.3 is 15.1 Å². The first-order valence-corrected chi connectivity index (χ1v) is 10.1. The predicted octanol–water partition coefficient (Wildman–Crippen LogP) is 2.20. The maximum absolute atomic E-state index is 13.0. The number of carbonyl (C=O) groups excluding carboxylic acids is 3. The van der Waals surface area contributed by atoms with E-state index in [0.717, 1.165) is 38.8 Å². The minimum absolute atomic E-state index is 0.0768. The highest BCUT2D eigenvalue weighted by Crippen LogP contribution is 2.18. The van der Waals surface area contributed by atoms with Gasteiger partial charge >= 0.3 is 0 Å². The minimum atomic E-state index is -0.371. The fourth-order valence-electron chi connectivity index (χ4n) is 3.89. The third-order valence-electron chi connectivity index (χ3n) is 5.55. The number of nitrogens with zero attached hydrogens (tertiary/aromatic N) is 2. The first-order chi connectivity index (χ1) is 13.5. The summed E-state index contributed by atoms with van der Waals surface area (Å²) >= 11 is 0. The number of rotatable bonds is 6. The number of amides is 3. The molecule has 0 bridgehead atoms. The smallest absolute Gasteiger partial charge is 0.251 e. The summed E-state index contributed by atoms with van der Waals surface area (Å²) < 4.78 is 13.0. The second-order valence-corrected chi connectivity index (χ2v) is 7.65. The summed E-state index contributed by atoms with van der Waals surface area (Å²) in [5, 5.41) is 2.88. The highest BCUT2D eigenvalue weighted by atomic mass is 19.1. The van der Waals surface area contributed by atoms with Crippen LogP contribution in [0.3, 0.4) is 0 Å². The van der Waals surface area contributed by atoms with Crippen LogP contribution >= 0.6 is 0 Å². The summed E-state index contributed by atoms with van der Waals surface area (Å²) in [5.74, 6) is -0.165. The van der Waals surface area contributed by atoms with Gasteiger partial charge in [-0.15, -0.1) is 0 Å².